The number of rotatable bonds is 7. The molecule has 2 aromatic rings. The Hall–Kier alpha value is -3.42. The van der Waals surface area contributed by atoms with Gasteiger partial charge in [0.05, 0.1) is 28.4 Å². The Balaban J connectivity index is 2.55. The maximum Gasteiger partial charge on any atom is 0.252 e. The molecule has 1 aromatic carbocycles. The van der Waals surface area contributed by atoms with Crippen LogP contribution in [0.15, 0.2) is 53.3 Å². The van der Waals surface area contributed by atoms with Crippen molar-refractivity contribution in [2.75, 3.05) is 0 Å². The molecule has 2 rings (SSSR count). The second-order valence-electron chi connectivity index (χ2n) is 6.99. The SMILES string of the molecule is CC(N=C(C(=CN)C(N)=O)c1cc(-c2ccc(F)cc2)c[nH]1)C(C)(C)C(N)=O. The summed E-state index contributed by atoms with van der Waals surface area (Å²) in [6.45, 7) is 5.04. The third-order valence-corrected chi connectivity index (χ3v) is 4.81. The first kappa shape index (κ1) is 20.9. The van der Waals surface area contributed by atoms with Crippen LogP contribution in [0.25, 0.3) is 11.1 Å². The van der Waals surface area contributed by atoms with Gasteiger partial charge in [-0.2, -0.15) is 0 Å². The number of halogens is 1. The van der Waals surface area contributed by atoms with Gasteiger partial charge in [-0.3, -0.25) is 14.6 Å². The van der Waals surface area contributed by atoms with E-state index in [9.17, 15) is 14.0 Å². The Kier molecular flexibility index (Phi) is 6.03. The normalized spacial score (nSPS) is 14.0. The summed E-state index contributed by atoms with van der Waals surface area (Å²) in [7, 11) is 0. The van der Waals surface area contributed by atoms with Gasteiger partial charge in [0.15, 0.2) is 0 Å². The maximum absolute atomic E-state index is 13.2. The first-order valence-electron chi connectivity index (χ1n) is 8.62. The molecule has 0 bridgehead atoms. The molecular formula is C20H24FN5O2. The highest BCUT2D eigenvalue weighted by Crippen LogP contribution is 2.26. The van der Waals surface area contributed by atoms with Crippen LogP contribution in [0.2, 0.25) is 0 Å². The average molecular weight is 385 g/mol. The number of nitrogens with zero attached hydrogens (tertiary/aromatic N) is 1. The summed E-state index contributed by atoms with van der Waals surface area (Å²) in [6, 6.07) is 7.14. The van der Waals surface area contributed by atoms with Crippen LogP contribution < -0.4 is 17.2 Å². The van der Waals surface area contributed by atoms with Crippen LogP contribution in [-0.2, 0) is 9.59 Å². The first-order valence-corrected chi connectivity index (χ1v) is 8.62. The lowest BCUT2D eigenvalue weighted by Gasteiger charge is -2.26. The Morgan fingerprint density at radius 3 is 2.29 bits per heavy atom. The van der Waals surface area contributed by atoms with Crippen molar-refractivity contribution in [3.8, 4) is 11.1 Å². The van der Waals surface area contributed by atoms with Crippen LogP contribution in [0.3, 0.4) is 0 Å². The fraction of sp³-hybridized carbons (Fsp3) is 0.250. The van der Waals surface area contributed by atoms with Gasteiger partial charge in [0.1, 0.15) is 5.82 Å². The molecule has 2 amide bonds. The maximum atomic E-state index is 13.2. The number of benzene rings is 1. The largest absolute Gasteiger partial charge is 0.404 e. The quantitative estimate of drug-likeness (QED) is 0.427. The lowest BCUT2D eigenvalue weighted by molar-refractivity contribution is -0.126. The monoisotopic (exact) mass is 385 g/mol. The van der Waals surface area contributed by atoms with Gasteiger partial charge in [-0.25, -0.2) is 4.39 Å². The molecule has 8 heteroatoms. The summed E-state index contributed by atoms with van der Waals surface area (Å²) < 4.78 is 13.2. The molecule has 0 aliphatic rings. The molecular weight excluding hydrogens is 361 g/mol. The van der Waals surface area contributed by atoms with Crippen molar-refractivity contribution in [3.63, 3.8) is 0 Å². The molecule has 7 nitrogen and oxygen atoms in total. The van der Waals surface area contributed by atoms with Crippen LogP contribution in [0, 0.1) is 11.2 Å². The molecule has 1 unspecified atom stereocenters. The van der Waals surface area contributed by atoms with E-state index in [0.29, 0.717) is 5.69 Å². The second kappa shape index (κ2) is 8.08. The topological polar surface area (TPSA) is 140 Å². The third-order valence-electron chi connectivity index (χ3n) is 4.81. The molecule has 148 valence electrons. The summed E-state index contributed by atoms with van der Waals surface area (Å²) in [5.74, 6) is -1.63. The van der Waals surface area contributed by atoms with Crippen molar-refractivity contribution in [1.82, 2.24) is 4.98 Å². The van der Waals surface area contributed by atoms with Gasteiger partial charge in [-0.15, -0.1) is 0 Å². The highest BCUT2D eigenvalue weighted by molar-refractivity contribution is 6.27. The van der Waals surface area contributed by atoms with Crippen molar-refractivity contribution in [2.45, 2.75) is 26.8 Å². The Labute approximate surface area is 162 Å². The van der Waals surface area contributed by atoms with E-state index >= 15 is 0 Å². The van der Waals surface area contributed by atoms with Gasteiger partial charge in [0.25, 0.3) is 5.91 Å². The molecule has 0 aliphatic carbocycles. The molecule has 0 saturated heterocycles. The highest BCUT2D eigenvalue weighted by Gasteiger charge is 2.33. The van der Waals surface area contributed by atoms with Crippen LogP contribution >= 0.6 is 0 Å². The standard InChI is InChI=1S/C20H24FN5O2/c1-11(20(2,3)19(24)28)26-17(15(9-22)18(23)27)16-8-13(10-25-16)12-4-6-14(21)7-5-12/h4-11,25H,22H2,1-3H3,(H2,23,27)(H2,24,28). The molecule has 0 saturated carbocycles. The van der Waals surface area contributed by atoms with E-state index in [1.54, 1.807) is 45.2 Å². The number of carbonyl (C=O) groups excluding carboxylic acids is 2. The highest BCUT2D eigenvalue weighted by atomic mass is 19.1. The molecule has 1 heterocycles. The molecule has 0 radical (unpaired) electrons. The van der Waals surface area contributed by atoms with E-state index in [0.717, 1.165) is 17.3 Å². The molecule has 0 spiro atoms. The van der Waals surface area contributed by atoms with E-state index in [1.165, 1.54) is 12.1 Å². The zero-order valence-electron chi connectivity index (χ0n) is 16.0. The summed E-state index contributed by atoms with van der Waals surface area (Å²) in [5.41, 5.74) is 17.8. The Morgan fingerprint density at radius 1 is 1.18 bits per heavy atom. The molecule has 0 fully saturated rings. The van der Waals surface area contributed by atoms with Crippen molar-refractivity contribution in [3.05, 3.63) is 59.8 Å². The van der Waals surface area contributed by atoms with E-state index < -0.39 is 23.3 Å². The van der Waals surface area contributed by atoms with Crippen molar-refractivity contribution in [2.24, 2.45) is 27.6 Å². The lowest BCUT2D eigenvalue weighted by Crippen LogP contribution is -2.40. The number of aromatic nitrogens is 1. The molecule has 1 atom stereocenters. The Morgan fingerprint density at radius 2 is 1.79 bits per heavy atom. The Bertz CT molecular complexity index is 942. The third kappa shape index (κ3) is 4.28. The lowest BCUT2D eigenvalue weighted by atomic mass is 9.85. The number of aliphatic imine (C=N–C) groups is 1. The zero-order valence-corrected chi connectivity index (χ0v) is 16.0. The number of H-pyrrole nitrogens is 1. The van der Waals surface area contributed by atoms with Gasteiger partial charge in [0.2, 0.25) is 5.91 Å². The number of nitrogens with two attached hydrogens (primary N) is 3. The average Bonchev–Trinajstić information content (AvgIpc) is 3.11. The van der Waals surface area contributed by atoms with Crippen molar-refractivity contribution >= 4 is 17.5 Å². The van der Waals surface area contributed by atoms with Crippen LogP contribution in [0.4, 0.5) is 4.39 Å². The minimum Gasteiger partial charge on any atom is -0.404 e. The fourth-order valence-corrected chi connectivity index (χ4v) is 2.46. The molecule has 28 heavy (non-hydrogen) atoms. The molecule has 7 N–H and O–H groups in total. The molecule has 0 aliphatic heterocycles. The predicted molar refractivity (Wildman–Crippen MR) is 107 cm³/mol. The second-order valence-corrected chi connectivity index (χ2v) is 6.99. The smallest absolute Gasteiger partial charge is 0.252 e. The predicted octanol–water partition coefficient (Wildman–Crippen LogP) is 1.84. The number of hydrogen-bond donors (Lipinski definition) is 4. The fourth-order valence-electron chi connectivity index (χ4n) is 2.46. The van der Waals surface area contributed by atoms with E-state index in [2.05, 4.69) is 9.98 Å². The van der Waals surface area contributed by atoms with Crippen LogP contribution in [0.5, 0.6) is 0 Å². The van der Waals surface area contributed by atoms with E-state index in [-0.39, 0.29) is 17.1 Å². The number of carbonyl (C=O) groups is 2. The summed E-state index contributed by atoms with van der Waals surface area (Å²) >= 11 is 0. The van der Waals surface area contributed by atoms with Crippen LogP contribution in [0.1, 0.15) is 26.5 Å². The number of primary amides is 2. The minimum atomic E-state index is -0.963. The number of aromatic amines is 1. The van der Waals surface area contributed by atoms with Gasteiger partial charge in [-0.1, -0.05) is 12.1 Å². The van der Waals surface area contributed by atoms with Gasteiger partial charge < -0.3 is 22.2 Å². The number of nitrogens with one attached hydrogen (secondary N) is 1. The zero-order chi connectivity index (χ0) is 21.1. The van der Waals surface area contributed by atoms with Crippen LogP contribution in [-0.4, -0.2) is 28.6 Å². The van der Waals surface area contributed by atoms with Gasteiger partial charge >= 0.3 is 0 Å². The van der Waals surface area contributed by atoms with Gasteiger partial charge in [-0.05, 0) is 50.1 Å². The minimum absolute atomic E-state index is 0.000346. The van der Waals surface area contributed by atoms with Crippen molar-refractivity contribution < 1.29 is 14.0 Å². The summed E-state index contributed by atoms with van der Waals surface area (Å²) in [6.07, 6.45) is 2.76. The molecule has 1 aromatic heterocycles. The number of amides is 2. The van der Waals surface area contributed by atoms with Crippen molar-refractivity contribution in [1.29, 1.82) is 0 Å². The van der Waals surface area contributed by atoms with E-state index in [4.69, 9.17) is 17.2 Å². The first-order chi connectivity index (χ1) is 13.1. The number of hydrogen-bond acceptors (Lipinski definition) is 4. The summed E-state index contributed by atoms with van der Waals surface area (Å²) in [4.78, 5) is 31.2. The van der Waals surface area contributed by atoms with E-state index in [1.807, 2.05) is 0 Å². The summed E-state index contributed by atoms with van der Waals surface area (Å²) in [5, 5.41) is 0. The van der Waals surface area contributed by atoms with Gasteiger partial charge in [0, 0.05) is 12.4 Å².